The van der Waals surface area contributed by atoms with Crippen LogP contribution in [-0.2, 0) is 9.53 Å². The van der Waals surface area contributed by atoms with E-state index in [0.29, 0.717) is 15.4 Å². The van der Waals surface area contributed by atoms with Gasteiger partial charge in [0.15, 0.2) is 0 Å². The summed E-state index contributed by atoms with van der Waals surface area (Å²) in [6, 6.07) is 3.95. The van der Waals surface area contributed by atoms with Gasteiger partial charge in [0.25, 0.3) is 0 Å². The van der Waals surface area contributed by atoms with E-state index in [1.54, 1.807) is 13.8 Å². The molecule has 1 aromatic rings. The summed E-state index contributed by atoms with van der Waals surface area (Å²) in [5, 5.41) is 27.4. The van der Waals surface area contributed by atoms with Crippen molar-refractivity contribution in [3.8, 4) is 12.1 Å². The highest BCUT2D eigenvalue weighted by Crippen LogP contribution is 2.35. The first-order chi connectivity index (χ1) is 10.5. The Morgan fingerprint density at radius 2 is 2.09 bits per heavy atom. The molecule has 0 radical (unpaired) electrons. The molecule has 1 N–H and O–H groups in total. The van der Waals surface area contributed by atoms with E-state index < -0.39 is 11.9 Å². The number of anilines is 1. The molecule has 0 saturated carbocycles. The van der Waals surface area contributed by atoms with Crippen LogP contribution >= 0.6 is 11.3 Å². The molecule has 0 saturated heterocycles. The molecule has 1 heterocycles. The van der Waals surface area contributed by atoms with Crippen LogP contribution in [0.4, 0.5) is 5.00 Å². The number of nitriles is 2. The molecule has 116 valence electrons. The Balaban J connectivity index is 3.23. The lowest BCUT2D eigenvalue weighted by atomic mass is 10.1. The minimum atomic E-state index is -1.000. The average Bonchev–Trinajstić information content (AvgIpc) is 2.80. The number of carbonyl (C=O) groups is 2. The van der Waals surface area contributed by atoms with Crippen LogP contribution in [0.1, 0.15) is 34.1 Å². The molecule has 0 aliphatic heterocycles. The second-order valence-corrected chi connectivity index (χ2v) is 5.29. The molecule has 0 bridgehead atoms. The second kappa shape index (κ2) is 8.01. The fourth-order valence-corrected chi connectivity index (χ4v) is 2.99. The largest absolute Gasteiger partial charge is 0.481 e. The number of carboxylic acid groups (broad SMARTS) is 1. The molecular formula is C14H15N3O4S. The lowest BCUT2D eigenvalue weighted by molar-refractivity contribution is -0.136. The summed E-state index contributed by atoms with van der Waals surface area (Å²) in [7, 11) is 0. The number of ether oxygens (including phenoxy) is 1. The topological polar surface area (TPSA) is 114 Å². The van der Waals surface area contributed by atoms with E-state index in [4.69, 9.17) is 15.1 Å². The van der Waals surface area contributed by atoms with Crippen molar-refractivity contribution in [2.45, 2.75) is 20.3 Å². The maximum absolute atomic E-state index is 11.9. The van der Waals surface area contributed by atoms with Crippen molar-refractivity contribution >= 4 is 28.3 Å². The maximum Gasteiger partial charge on any atom is 0.348 e. The summed E-state index contributed by atoms with van der Waals surface area (Å²) >= 11 is 1.04. The van der Waals surface area contributed by atoms with Crippen molar-refractivity contribution in [2.24, 2.45) is 0 Å². The number of hydrogen-bond donors (Lipinski definition) is 1. The van der Waals surface area contributed by atoms with E-state index >= 15 is 0 Å². The Labute approximate surface area is 131 Å². The standard InChI is InChI=1S/C14H15N3O4S/c1-3-21-14(20)12-9(2)10(8-16)13(22-12)17(7-5-15)6-4-11(18)19/h3-4,6-7H2,1-2H3,(H,18,19). The van der Waals surface area contributed by atoms with E-state index in [9.17, 15) is 14.9 Å². The molecule has 0 aromatic carbocycles. The van der Waals surface area contributed by atoms with Gasteiger partial charge in [-0.3, -0.25) is 4.79 Å². The summed E-state index contributed by atoms with van der Waals surface area (Å²) in [6.45, 7) is 3.55. The van der Waals surface area contributed by atoms with E-state index in [2.05, 4.69) is 0 Å². The highest BCUT2D eigenvalue weighted by atomic mass is 32.1. The summed E-state index contributed by atoms with van der Waals surface area (Å²) in [5.74, 6) is -1.52. The quantitative estimate of drug-likeness (QED) is 0.602. The number of nitrogens with zero attached hydrogens (tertiary/aromatic N) is 3. The first-order valence-electron chi connectivity index (χ1n) is 6.50. The fraction of sp³-hybridized carbons (Fsp3) is 0.429. The van der Waals surface area contributed by atoms with Crippen molar-refractivity contribution in [2.75, 3.05) is 24.6 Å². The van der Waals surface area contributed by atoms with Crippen LogP contribution in [0.2, 0.25) is 0 Å². The van der Waals surface area contributed by atoms with Crippen molar-refractivity contribution in [1.82, 2.24) is 0 Å². The van der Waals surface area contributed by atoms with Gasteiger partial charge in [-0.15, -0.1) is 11.3 Å². The van der Waals surface area contributed by atoms with Crippen LogP contribution in [-0.4, -0.2) is 36.7 Å². The average molecular weight is 321 g/mol. The van der Waals surface area contributed by atoms with Crippen molar-refractivity contribution in [3.05, 3.63) is 16.0 Å². The highest BCUT2D eigenvalue weighted by molar-refractivity contribution is 7.18. The third kappa shape index (κ3) is 3.96. The van der Waals surface area contributed by atoms with E-state index in [1.807, 2.05) is 12.1 Å². The van der Waals surface area contributed by atoms with E-state index in [1.165, 1.54) is 4.90 Å². The van der Waals surface area contributed by atoms with Gasteiger partial charge in [-0.25, -0.2) is 4.79 Å². The molecule has 1 aromatic heterocycles. The summed E-state index contributed by atoms with van der Waals surface area (Å²) in [5.41, 5.74) is 0.757. The zero-order valence-electron chi connectivity index (χ0n) is 12.3. The van der Waals surface area contributed by atoms with Gasteiger partial charge in [0.05, 0.1) is 24.7 Å². The first-order valence-corrected chi connectivity index (χ1v) is 7.32. The summed E-state index contributed by atoms with van der Waals surface area (Å²) in [6.07, 6.45) is -0.168. The van der Waals surface area contributed by atoms with Gasteiger partial charge in [-0.2, -0.15) is 10.5 Å². The van der Waals surface area contributed by atoms with Gasteiger partial charge >= 0.3 is 11.9 Å². The lowest BCUT2D eigenvalue weighted by Crippen LogP contribution is -2.26. The van der Waals surface area contributed by atoms with Gasteiger partial charge in [-0.05, 0) is 19.4 Å². The second-order valence-electron chi connectivity index (χ2n) is 4.29. The zero-order chi connectivity index (χ0) is 16.7. The number of hydrogen-bond acceptors (Lipinski definition) is 7. The molecule has 0 unspecified atom stereocenters. The van der Waals surface area contributed by atoms with Crippen molar-refractivity contribution in [1.29, 1.82) is 10.5 Å². The minimum absolute atomic E-state index is 0.0653. The van der Waals surface area contributed by atoms with Gasteiger partial charge in [0.2, 0.25) is 0 Å². The van der Waals surface area contributed by atoms with Gasteiger partial charge < -0.3 is 14.7 Å². The Morgan fingerprint density at radius 3 is 2.59 bits per heavy atom. The number of rotatable bonds is 7. The zero-order valence-corrected chi connectivity index (χ0v) is 13.1. The van der Waals surface area contributed by atoms with Crippen molar-refractivity contribution in [3.63, 3.8) is 0 Å². The van der Waals surface area contributed by atoms with Crippen LogP contribution in [0.25, 0.3) is 0 Å². The molecule has 1 rings (SSSR count). The Kier molecular flexibility index (Phi) is 6.36. The number of carboxylic acids is 1. The summed E-state index contributed by atoms with van der Waals surface area (Å²) < 4.78 is 4.94. The minimum Gasteiger partial charge on any atom is -0.481 e. The Hall–Kier alpha value is -2.58. The van der Waals surface area contributed by atoms with Crippen molar-refractivity contribution < 1.29 is 19.4 Å². The van der Waals surface area contributed by atoms with Crippen LogP contribution in [0, 0.1) is 29.6 Å². The van der Waals surface area contributed by atoms with Gasteiger partial charge in [0, 0.05) is 6.54 Å². The Bertz CT molecular complexity index is 654. The molecule has 7 nitrogen and oxygen atoms in total. The normalized spacial score (nSPS) is 9.64. The smallest absolute Gasteiger partial charge is 0.348 e. The molecule has 0 amide bonds. The van der Waals surface area contributed by atoms with E-state index in [0.717, 1.165) is 11.3 Å². The molecular weight excluding hydrogens is 306 g/mol. The lowest BCUT2D eigenvalue weighted by Gasteiger charge is -2.19. The number of thiophene rings is 1. The molecule has 0 spiro atoms. The predicted molar refractivity (Wildman–Crippen MR) is 79.8 cm³/mol. The van der Waals surface area contributed by atoms with Gasteiger partial charge in [0.1, 0.15) is 22.5 Å². The van der Waals surface area contributed by atoms with Gasteiger partial charge in [-0.1, -0.05) is 0 Å². The number of carbonyl (C=O) groups excluding carboxylic acids is 1. The molecule has 0 atom stereocenters. The monoisotopic (exact) mass is 321 g/mol. The Morgan fingerprint density at radius 1 is 1.41 bits per heavy atom. The molecule has 22 heavy (non-hydrogen) atoms. The predicted octanol–water partition coefficient (Wildman–Crippen LogP) is 1.91. The van der Waals surface area contributed by atoms with Crippen LogP contribution in [0.3, 0.4) is 0 Å². The van der Waals surface area contributed by atoms with Crippen LogP contribution < -0.4 is 4.90 Å². The molecule has 8 heteroatoms. The van der Waals surface area contributed by atoms with Crippen LogP contribution in [0.15, 0.2) is 0 Å². The number of aliphatic carboxylic acids is 1. The summed E-state index contributed by atoms with van der Waals surface area (Å²) in [4.78, 5) is 24.4. The molecule has 0 fully saturated rings. The van der Waals surface area contributed by atoms with E-state index in [-0.39, 0.29) is 31.7 Å². The fourth-order valence-electron chi connectivity index (χ4n) is 1.81. The number of esters is 1. The first kappa shape index (κ1) is 17.5. The highest BCUT2D eigenvalue weighted by Gasteiger charge is 2.24. The third-order valence-corrected chi connectivity index (χ3v) is 4.18. The van der Waals surface area contributed by atoms with Crippen LogP contribution in [0.5, 0.6) is 0 Å². The third-order valence-electron chi connectivity index (χ3n) is 2.85. The molecule has 0 aliphatic rings. The SMILES string of the molecule is CCOC(=O)c1sc(N(CC#N)CCC(=O)O)c(C#N)c1C. The molecule has 0 aliphatic carbocycles. The maximum atomic E-state index is 11.9.